The predicted octanol–water partition coefficient (Wildman–Crippen LogP) is 11.1. The summed E-state index contributed by atoms with van der Waals surface area (Å²) in [5.41, 5.74) is 2.88. The Morgan fingerprint density at radius 1 is 0.591 bits per heavy atom. The molecule has 2 N–H and O–H groups in total. The maximum atomic E-state index is 13.3. The van der Waals surface area contributed by atoms with Gasteiger partial charge in [0, 0.05) is 32.0 Å². The lowest BCUT2D eigenvalue weighted by Gasteiger charge is -2.32. The summed E-state index contributed by atoms with van der Waals surface area (Å²) in [4.78, 5) is 15.5. The van der Waals surface area contributed by atoms with Gasteiger partial charge in [-0.25, -0.2) is 4.79 Å². The normalized spacial score (nSPS) is 13.2. The van der Waals surface area contributed by atoms with Crippen LogP contribution in [0.2, 0.25) is 0 Å². The minimum atomic E-state index is -0.577. The molecule has 3 aromatic carbocycles. The summed E-state index contributed by atoms with van der Waals surface area (Å²) in [5, 5.41) is 21.6. The fraction of sp³-hybridized carbons (Fsp3) is 0.500. The zero-order chi connectivity index (χ0) is 33.6. The molecule has 0 fully saturated rings. The molecular formula is C38H52O4S2. The number of aromatic hydroxyl groups is 2. The van der Waals surface area contributed by atoms with Crippen LogP contribution in [0.15, 0.2) is 58.3 Å². The Morgan fingerprint density at radius 3 is 1.32 bits per heavy atom. The van der Waals surface area contributed by atoms with Crippen molar-refractivity contribution in [1.29, 1.82) is 0 Å². The molecule has 6 heteroatoms. The first-order valence-electron chi connectivity index (χ1n) is 15.3. The summed E-state index contributed by atoms with van der Waals surface area (Å²) in [6.07, 6.45) is 0. The fourth-order valence-corrected chi connectivity index (χ4v) is 7.66. The molecule has 0 amide bonds. The lowest BCUT2D eigenvalue weighted by molar-refractivity contribution is 0.0725. The Bertz CT molecular complexity index is 1450. The number of phenols is 2. The largest absolute Gasteiger partial charge is 0.507 e. The van der Waals surface area contributed by atoms with Gasteiger partial charge in [0.25, 0.3) is 0 Å². The first-order chi connectivity index (χ1) is 19.8. The summed E-state index contributed by atoms with van der Waals surface area (Å²) in [7, 11) is 0. The minimum absolute atomic E-state index is 0.100. The summed E-state index contributed by atoms with van der Waals surface area (Å²) in [6.45, 7) is 30.0. The highest BCUT2D eigenvalue weighted by atomic mass is 32.2. The van der Waals surface area contributed by atoms with Crippen molar-refractivity contribution < 1.29 is 19.7 Å². The Kier molecular flexibility index (Phi) is 10.1. The van der Waals surface area contributed by atoms with Crippen molar-refractivity contribution in [3.63, 3.8) is 0 Å². The predicted molar refractivity (Wildman–Crippen MR) is 188 cm³/mol. The summed E-state index contributed by atoms with van der Waals surface area (Å²) in [6, 6.07) is 15.0. The monoisotopic (exact) mass is 636 g/mol. The molecule has 4 nitrogen and oxygen atoms in total. The van der Waals surface area contributed by atoms with Crippen LogP contribution in [0.1, 0.15) is 130 Å². The standard InChI is InChI=1S/C38H52O4S2/c1-34(2,3)26-19-23(20-27(31(26)40)35(4,5)6)43-38(13,14)44-24-21-28(36(7,8)9)32(29(22-24)37(10,11)12)42-33(41)25-17-15-16-18-30(25)39/h15-22,39-40H,1-14H3. The van der Waals surface area contributed by atoms with Gasteiger partial charge in [0.1, 0.15) is 22.8 Å². The highest BCUT2D eigenvalue weighted by Crippen LogP contribution is 2.51. The molecule has 3 aromatic rings. The molecule has 44 heavy (non-hydrogen) atoms. The maximum Gasteiger partial charge on any atom is 0.347 e. The van der Waals surface area contributed by atoms with Crippen LogP contribution in [0.4, 0.5) is 0 Å². The van der Waals surface area contributed by atoms with Crippen molar-refractivity contribution in [1.82, 2.24) is 0 Å². The van der Waals surface area contributed by atoms with E-state index in [1.54, 1.807) is 41.7 Å². The van der Waals surface area contributed by atoms with Gasteiger partial charge in [-0.15, -0.1) is 23.5 Å². The average molecular weight is 637 g/mol. The van der Waals surface area contributed by atoms with Crippen molar-refractivity contribution in [2.45, 2.75) is 132 Å². The molecular weight excluding hydrogens is 585 g/mol. The Balaban J connectivity index is 2.11. The second-order valence-corrected chi connectivity index (χ2v) is 19.9. The summed E-state index contributed by atoms with van der Waals surface area (Å²) >= 11 is 3.57. The Hall–Kier alpha value is -2.57. The van der Waals surface area contributed by atoms with Gasteiger partial charge in [-0.05, 0) is 71.9 Å². The number of rotatable bonds is 6. The topological polar surface area (TPSA) is 66.8 Å². The number of esters is 1. The molecule has 0 bridgehead atoms. The molecule has 0 aliphatic heterocycles. The molecule has 0 aromatic heterocycles. The number of benzene rings is 3. The molecule has 0 saturated heterocycles. The van der Waals surface area contributed by atoms with Gasteiger partial charge in [0.05, 0.1) is 4.08 Å². The number of ether oxygens (including phenoxy) is 1. The third-order valence-corrected chi connectivity index (χ3v) is 9.85. The minimum Gasteiger partial charge on any atom is -0.507 e. The Morgan fingerprint density at radius 2 is 0.955 bits per heavy atom. The second-order valence-electron chi connectivity index (χ2n) is 16.2. The summed E-state index contributed by atoms with van der Waals surface area (Å²) < 4.78 is 5.88. The number of hydrogen-bond acceptors (Lipinski definition) is 6. The molecule has 0 aliphatic carbocycles. The number of thioether (sulfide) groups is 2. The van der Waals surface area contributed by atoms with E-state index in [-0.39, 0.29) is 37.1 Å². The van der Waals surface area contributed by atoms with Crippen molar-refractivity contribution in [3.05, 3.63) is 76.3 Å². The maximum absolute atomic E-state index is 13.3. The van der Waals surface area contributed by atoms with E-state index in [1.807, 2.05) is 0 Å². The van der Waals surface area contributed by atoms with Crippen molar-refractivity contribution >= 4 is 29.5 Å². The van der Waals surface area contributed by atoms with Crippen LogP contribution in [0.3, 0.4) is 0 Å². The Labute approximate surface area is 274 Å². The van der Waals surface area contributed by atoms with Crippen LogP contribution in [0, 0.1) is 0 Å². The summed E-state index contributed by atoms with van der Waals surface area (Å²) in [5.74, 6) is 0.262. The highest BCUT2D eigenvalue weighted by molar-refractivity contribution is 8.18. The van der Waals surface area contributed by atoms with Crippen LogP contribution in [0.5, 0.6) is 17.2 Å². The molecule has 0 heterocycles. The first-order valence-corrected chi connectivity index (χ1v) is 16.9. The van der Waals surface area contributed by atoms with Crippen molar-refractivity contribution in [2.75, 3.05) is 0 Å². The van der Waals surface area contributed by atoms with E-state index in [1.165, 1.54) is 6.07 Å². The zero-order valence-corrected chi connectivity index (χ0v) is 30.8. The average Bonchev–Trinajstić information content (AvgIpc) is 2.82. The second kappa shape index (κ2) is 12.3. The van der Waals surface area contributed by atoms with E-state index in [0.29, 0.717) is 11.5 Å². The van der Waals surface area contributed by atoms with Crippen molar-refractivity contribution in [3.8, 4) is 17.2 Å². The smallest absolute Gasteiger partial charge is 0.347 e. The van der Waals surface area contributed by atoms with Crippen LogP contribution in [-0.2, 0) is 21.7 Å². The molecule has 0 radical (unpaired) electrons. The van der Waals surface area contributed by atoms with Gasteiger partial charge < -0.3 is 14.9 Å². The highest BCUT2D eigenvalue weighted by Gasteiger charge is 2.33. The molecule has 0 saturated carbocycles. The fourth-order valence-electron chi connectivity index (χ4n) is 5.08. The van der Waals surface area contributed by atoms with Gasteiger partial charge in [-0.1, -0.05) is 95.2 Å². The van der Waals surface area contributed by atoms with E-state index < -0.39 is 5.97 Å². The molecule has 0 atom stereocenters. The van der Waals surface area contributed by atoms with E-state index in [4.69, 9.17) is 4.74 Å². The van der Waals surface area contributed by atoms with Gasteiger partial charge in [0.15, 0.2) is 0 Å². The van der Waals surface area contributed by atoms with E-state index >= 15 is 0 Å². The lowest BCUT2D eigenvalue weighted by Crippen LogP contribution is -2.22. The molecule has 3 rings (SSSR count). The van der Waals surface area contributed by atoms with Crippen LogP contribution in [0.25, 0.3) is 0 Å². The number of carbonyl (C=O) groups is 1. The van der Waals surface area contributed by atoms with Crippen molar-refractivity contribution in [2.24, 2.45) is 0 Å². The van der Waals surface area contributed by atoms with Gasteiger partial charge >= 0.3 is 5.97 Å². The van der Waals surface area contributed by atoms with Gasteiger partial charge in [-0.2, -0.15) is 0 Å². The first kappa shape index (κ1) is 35.9. The number of carbonyl (C=O) groups excluding carboxylic acids is 1. The van der Waals surface area contributed by atoms with Gasteiger partial charge in [0.2, 0.25) is 0 Å². The molecule has 240 valence electrons. The third-order valence-electron chi connectivity index (χ3n) is 7.42. The van der Waals surface area contributed by atoms with E-state index in [0.717, 1.165) is 32.0 Å². The third kappa shape index (κ3) is 8.57. The molecule has 0 spiro atoms. The van der Waals surface area contributed by atoms with Crippen LogP contribution < -0.4 is 4.74 Å². The van der Waals surface area contributed by atoms with E-state index in [9.17, 15) is 15.0 Å². The molecule has 0 unspecified atom stereocenters. The SMILES string of the molecule is CC(C)(Sc1cc(C(C)(C)C)c(O)c(C(C)(C)C)c1)Sc1cc(C(C)(C)C)c(OC(=O)c2ccccc2O)c(C(C)(C)C)c1. The zero-order valence-electron chi connectivity index (χ0n) is 29.1. The van der Waals surface area contributed by atoms with Crippen LogP contribution in [-0.4, -0.2) is 20.3 Å². The number of hydrogen-bond donors (Lipinski definition) is 2. The van der Waals surface area contributed by atoms with E-state index in [2.05, 4.69) is 121 Å². The lowest BCUT2D eigenvalue weighted by atomic mass is 9.79. The molecule has 0 aliphatic rings. The number of para-hydroxylation sites is 1. The van der Waals surface area contributed by atoms with Gasteiger partial charge in [-0.3, -0.25) is 0 Å². The van der Waals surface area contributed by atoms with Crippen LogP contribution >= 0.6 is 23.5 Å². The quantitative estimate of drug-likeness (QED) is 0.121. The number of phenolic OH excluding ortho intramolecular Hbond substituents is 2.